The van der Waals surface area contributed by atoms with E-state index in [2.05, 4.69) is 9.98 Å². The molecule has 2 aromatic carbocycles. The Morgan fingerprint density at radius 3 is 2.43 bits per heavy atom. The van der Waals surface area contributed by atoms with E-state index in [1.807, 2.05) is 18.2 Å². The highest BCUT2D eigenvalue weighted by atomic mass is 35.5. The molecule has 1 aromatic heterocycles. The van der Waals surface area contributed by atoms with E-state index in [1.165, 1.54) is 0 Å². The molecule has 0 fully saturated rings. The topological polar surface area (TPSA) is 45.5 Å². The van der Waals surface area contributed by atoms with Crippen LogP contribution >= 0.6 is 23.2 Å². The highest BCUT2D eigenvalue weighted by Gasteiger charge is 2.04. The summed E-state index contributed by atoms with van der Waals surface area (Å²) < 4.78 is 0. The molecule has 0 bridgehead atoms. The maximum atomic E-state index is 9.82. The summed E-state index contributed by atoms with van der Waals surface area (Å²) in [4.78, 5) is 8.64. The van der Waals surface area contributed by atoms with Crippen molar-refractivity contribution < 1.29 is 5.11 Å². The first-order valence-corrected chi connectivity index (χ1v) is 6.97. The van der Waals surface area contributed by atoms with Gasteiger partial charge in [-0.3, -0.25) is 4.99 Å². The second kappa shape index (κ2) is 5.72. The molecule has 0 amide bonds. The number of aliphatic imine (C=N–C) groups is 1. The number of aromatic hydroxyl groups is 1. The van der Waals surface area contributed by atoms with Crippen molar-refractivity contribution in [3.63, 3.8) is 0 Å². The Bertz CT molecular complexity index is 827. The van der Waals surface area contributed by atoms with Crippen molar-refractivity contribution in [2.45, 2.75) is 0 Å². The summed E-state index contributed by atoms with van der Waals surface area (Å²) >= 11 is 12.1. The van der Waals surface area contributed by atoms with Crippen LogP contribution in [0.2, 0.25) is 10.0 Å². The van der Waals surface area contributed by atoms with Gasteiger partial charge in [-0.15, -0.1) is 0 Å². The molecule has 0 radical (unpaired) electrons. The number of aromatic nitrogens is 1. The third-order valence-electron chi connectivity index (χ3n) is 2.98. The fraction of sp³-hybridized carbons (Fsp3) is 0. The van der Waals surface area contributed by atoms with Crippen LogP contribution in [0.3, 0.4) is 0 Å². The van der Waals surface area contributed by atoms with Gasteiger partial charge in [-0.2, -0.15) is 0 Å². The van der Waals surface area contributed by atoms with Crippen LogP contribution in [0, 0.1) is 0 Å². The van der Waals surface area contributed by atoms with E-state index in [4.69, 9.17) is 23.2 Å². The standard InChI is InChI=1S/C16H10Cl2N2O/c17-12-4-2-5-13(18)16(12)19-9-11-8-7-10-3-1-6-14(21)15(10)20-11/h1-9,21H. The molecule has 21 heavy (non-hydrogen) atoms. The lowest BCUT2D eigenvalue weighted by Gasteiger charge is -2.02. The molecule has 0 spiro atoms. The summed E-state index contributed by atoms with van der Waals surface area (Å²) in [6, 6.07) is 14.1. The molecule has 0 aliphatic rings. The van der Waals surface area contributed by atoms with Gasteiger partial charge in [-0.25, -0.2) is 4.98 Å². The lowest BCUT2D eigenvalue weighted by molar-refractivity contribution is 0.480. The van der Waals surface area contributed by atoms with Crippen molar-refractivity contribution in [1.29, 1.82) is 0 Å². The summed E-state index contributed by atoms with van der Waals surface area (Å²) in [6.07, 6.45) is 1.57. The van der Waals surface area contributed by atoms with Crippen LogP contribution in [0.25, 0.3) is 10.9 Å². The summed E-state index contributed by atoms with van der Waals surface area (Å²) in [5.74, 6) is 0.138. The van der Waals surface area contributed by atoms with Crippen LogP contribution in [0.4, 0.5) is 5.69 Å². The van der Waals surface area contributed by atoms with Crippen LogP contribution in [0.5, 0.6) is 5.75 Å². The van der Waals surface area contributed by atoms with Crippen molar-refractivity contribution in [1.82, 2.24) is 4.98 Å². The third-order valence-corrected chi connectivity index (χ3v) is 3.59. The van der Waals surface area contributed by atoms with Gasteiger partial charge in [0.1, 0.15) is 17.0 Å². The second-order valence-corrected chi connectivity index (χ2v) is 5.23. The van der Waals surface area contributed by atoms with Gasteiger partial charge in [0, 0.05) is 5.39 Å². The molecule has 5 heteroatoms. The summed E-state index contributed by atoms with van der Waals surface area (Å²) in [5.41, 5.74) is 1.65. The zero-order valence-corrected chi connectivity index (χ0v) is 12.3. The Labute approximate surface area is 131 Å². The number of pyridine rings is 1. The third kappa shape index (κ3) is 2.84. The maximum absolute atomic E-state index is 9.82. The first-order valence-electron chi connectivity index (χ1n) is 6.22. The number of halogens is 2. The monoisotopic (exact) mass is 316 g/mol. The first kappa shape index (κ1) is 13.9. The molecule has 0 saturated heterocycles. The summed E-state index contributed by atoms with van der Waals surface area (Å²) in [6.45, 7) is 0. The number of fused-ring (bicyclic) bond motifs is 1. The number of para-hydroxylation sites is 2. The molecule has 3 rings (SSSR count). The molecule has 3 nitrogen and oxygen atoms in total. The van der Waals surface area contributed by atoms with Crippen molar-refractivity contribution in [3.8, 4) is 5.75 Å². The van der Waals surface area contributed by atoms with Gasteiger partial charge in [0.25, 0.3) is 0 Å². The highest BCUT2D eigenvalue weighted by Crippen LogP contribution is 2.32. The molecule has 0 atom stereocenters. The molecule has 104 valence electrons. The Kier molecular flexibility index (Phi) is 3.78. The van der Waals surface area contributed by atoms with Crippen LogP contribution in [-0.4, -0.2) is 16.3 Å². The van der Waals surface area contributed by atoms with E-state index in [9.17, 15) is 5.11 Å². The van der Waals surface area contributed by atoms with Crippen LogP contribution < -0.4 is 0 Å². The Hall–Kier alpha value is -2.10. The van der Waals surface area contributed by atoms with E-state index < -0.39 is 0 Å². The molecular weight excluding hydrogens is 307 g/mol. The normalized spacial score (nSPS) is 11.3. The van der Waals surface area contributed by atoms with Gasteiger partial charge in [0.15, 0.2) is 0 Å². The molecule has 0 saturated carbocycles. The van der Waals surface area contributed by atoms with Gasteiger partial charge in [0.2, 0.25) is 0 Å². The summed E-state index contributed by atoms with van der Waals surface area (Å²) in [5, 5.41) is 11.6. The minimum Gasteiger partial charge on any atom is -0.506 e. The molecule has 0 aliphatic carbocycles. The smallest absolute Gasteiger partial charge is 0.141 e. The van der Waals surface area contributed by atoms with Crippen molar-refractivity contribution >= 4 is 46.0 Å². The van der Waals surface area contributed by atoms with Gasteiger partial charge >= 0.3 is 0 Å². The SMILES string of the molecule is Oc1cccc2ccc(C=Nc3c(Cl)cccc3Cl)nc12. The zero-order chi connectivity index (χ0) is 14.8. The van der Waals surface area contributed by atoms with E-state index in [0.717, 1.165) is 5.39 Å². The minimum absolute atomic E-state index is 0.138. The largest absolute Gasteiger partial charge is 0.506 e. The van der Waals surface area contributed by atoms with Gasteiger partial charge in [-0.05, 0) is 24.3 Å². The molecule has 3 aromatic rings. The fourth-order valence-electron chi connectivity index (χ4n) is 1.96. The number of rotatable bonds is 2. The van der Waals surface area contributed by atoms with Crippen molar-refractivity contribution in [3.05, 3.63) is 64.3 Å². The molecular formula is C16H10Cl2N2O. The quantitative estimate of drug-likeness (QED) is 0.676. The number of phenols is 1. The lowest BCUT2D eigenvalue weighted by atomic mass is 10.2. The molecule has 0 unspecified atom stereocenters. The van der Waals surface area contributed by atoms with Crippen LogP contribution in [0.1, 0.15) is 5.69 Å². The van der Waals surface area contributed by atoms with Gasteiger partial charge in [-0.1, -0.05) is 47.5 Å². The number of hydrogen-bond donors (Lipinski definition) is 1. The van der Waals surface area contributed by atoms with E-state index in [1.54, 1.807) is 36.5 Å². The van der Waals surface area contributed by atoms with Crippen LogP contribution in [0.15, 0.2) is 53.5 Å². The van der Waals surface area contributed by atoms with Crippen molar-refractivity contribution in [2.24, 2.45) is 4.99 Å². The zero-order valence-electron chi connectivity index (χ0n) is 10.8. The molecule has 0 aliphatic heterocycles. The van der Waals surface area contributed by atoms with E-state index >= 15 is 0 Å². The average molecular weight is 317 g/mol. The van der Waals surface area contributed by atoms with Gasteiger partial charge in [0.05, 0.1) is 22.0 Å². The summed E-state index contributed by atoms with van der Waals surface area (Å²) in [7, 11) is 0. The van der Waals surface area contributed by atoms with Crippen molar-refractivity contribution in [2.75, 3.05) is 0 Å². The minimum atomic E-state index is 0.138. The second-order valence-electron chi connectivity index (χ2n) is 4.41. The van der Waals surface area contributed by atoms with Crippen LogP contribution in [-0.2, 0) is 0 Å². The average Bonchev–Trinajstić information content (AvgIpc) is 2.47. The van der Waals surface area contributed by atoms with E-state index in [0.29, 0.717) is 26.9 Å². The Morgan fingerprint density at radius 2 is 1.67 bits per heavy atom. The molecule has 1 N–H and O–H groups in total. The predicted molar refractivity (Wildman–Crippen MR) is 87.1 cm³/mol. The maximum Gasteiger partial charge on any atom is 0.141 e. The number of hydrogen-bond acceptors (Lipinski definition) is 3. The molecule has 1 heterocycles. The highest BCUT2D eigenvalue weighted by molar-refractivity contribution is 6.38. The first-order chi connectivity index (χ1) is 10.1. The fourth-order valence-corrected chi connectivity index (χ4v) is 2.46. The van der Waals surface area contributed by atoms with Gasteiger partial charge < -0.3 is 5.11 Å². The van der Waals surface area contributed by atoms with E-state index in [-0.39, 0.29) is 5.75 Å². The Balaban J connectivity index is 2.02. The number of nitrogens with zero attached hydrogens (tertiary/aromatic N) is 2. The predicted octanol–water partition coefficient (Wildman–Crippen LogP) is 5.00. The number of benzene rings is 2. The Morgan fingerprint density at radius 1 is 0.952 bits per heavy atom. The lowest BCUT2D eigenvalue weighted by Crippen LogP contribution is -1.88. The number of phenolic OH excluding ortho intramolecular Hbond substituents is 1.